The number of nitrogens with zero attached hydrogens (tertiary/aromatic N) is 4. The summed E-state index contributed by atoms with van der Waals surface area (Å²) in [5.74, 6) is -1.22. The van der Waals surface area contributed by atoms with Crippen molar-refractivity contribution < 1.29 is 18.1 Å². The van der Waals surface area contributed by atoms with Crippen LogP contribution in [0.5, 0.6) is 0 Å². The van der Waals surface area contributed by atoms with Gasteiger partial charge >= 0.3 is 0 Å². The second-order valence-electron chi connectivity index (χ2n) is 7.18. The first kappa shape index (κ1) is 19.2. The van der Waals surface area contributed by atoms with Crippen LogP contribution in [0, 0.1) is 32.4 Å². The second kappa shape index (κ2) is 7.35. The monoisotopic (exact) mass is 398 g/mol. The lowest BCUT2D eigenvalue weighted by Gasteiger charge is -2.25. The molecular weight excluding hydrogens is 378 g/mol. The molecule has 1 aliphatic rings. The van der Waals surface area contributed by atoms with E-state index in [1.54, 1.807) is 19.9 Å². The fourth-order valence-electron chi connectivity index (χ4n) is 3.90. The predicted molar refractivity (Wildman–Crippen MR) is 101 cm³/mol. The molecular formula is C21H20F2N4O2. The van der Waals surface area contributed by atoms with Crippen molar-refractivity contribution in [1.29, 1.82) is 0 Å². The Morgan fingerprint density at radius 1 is 1.17 bits per heavy atom. The average molecular weight is 398 g/mol. The van der Waals surface area contributed by atoms with Crippen molar-refractivity contribution >= 4 is 5.91 Å². The molecule has 1 aliphatic heterocycles. The minimum absolute atomic E-state index is 0.387. The molecule has 0 radical (unpaired) electrons. The van der Waals surface area contributed by atoms with Crippen LogP contribution >= 0.6 is 0 Å². The Morgan fingerprint density at radius 3 is 2.55 bits per heavy atom. The highest BCUT2D eigenvalue weighted by molar-refractivity contribution is 5.95. The lowest BCUT2D eigenvalue weighted by molar-refractivity contribution is 0.0722. The van der Waals surface area contributed by atoms with Crippen LogP contribution in [-0.4, -0.2) is 32.5 Å². The van der Waals surface area contributed by atoms with E-state index >= 15 is 0 Å². The molecule has 1 fully saturated rings. The molecule has 3 heterocycles. The molecule has 0 N–H and O–H groups in total. The van der Waals surface area contributed by atoms with Crippen LogP contribution in [0.25, 0.3) is 11.3 Å². The number of aromatic nitrogens is 3. The number of carbonyl (C=O) groups is 1. The minimum Gasteiger partial charge on any atom is -0.361 e. The summed E-state index contributed by atoms with van der Waals surface area (Å²) < 4.78 is 33.6. The van der Waals surface area contributed by atoms with Crippen molar-refractivity contribution in [2.75, 3.05) is 6.54 Å². The molecule has 1 aromatic carbocycles. The van der Waals surface area contributed by atoms with Crippen LogP contribution in [0.4, 0.5) is 8.78 Å². The van der Waals surface area contributed by atoms with Crippen LogP contribution in [-0.2, 0) is 0 Å². The van der Waals surface area contributed by atoms with Crippen molar-refractivity contribution in [2.45, 2.75) is 39.7 Å². The Hall–Kier alpha value is -3.16. The van der Waals surface area contributed by atoms with E-state index in [9.17, 15) is 13.6 Å². The molecule has 6 nitrogen and oxygen atoms in total. The number of likely N-dealkylation sites (tertiary alicyclic amines) is 1. The number of halogens is 2. The number of hydrogen-bond acceptors (Lipinski definition) is 5. The minimum atomic E-state index is -0.865. The van der Waals surface area contributed by atoms with E-state index in [4.69, 9.17) is 4.52 Å². The van der Waals surface area contributed by atoms with Crippen LogP contribution < -0.4 is 0 Å². The van der Waals surface area contributed by atoms with Crippen LogP contribution in [0.15, 0.2) is 28.8 Å². The third-order valence-corrected chi connectivity index (χ3v) is 5.18. The fourth-order valence-corrected chi connectivity index (χ4v) is 3.90. The van der Waals surface area contributed by atoms with Crippen LogP contribution in [0.3, 0.4) is 0 Å². The highest BCUT2D eigenvalue weighted by Gasteiger charge is 2.34. The average Bonchev–Trinajstić information content (AvgIpc) is 3.28. The number of hydrogen-bond donors (Lipinski definition) is 0. The molecule has 3 aromatic rings. The van der Waals surface area contributed by atoms with Crippen LogP contribution in [0.2, 0.25) is 0 Å². The summed E-state index contributed by atoms with van der Waals surface area (Å²) in [6.07, 6.45) is 1.37. The second-order valence-corrected chi connectivity index (χ2v) is 7.18. The van der Waals surface area contributed by atoms with Gasteiger partial charge in [0.2, 0.25) is 0 Å². The van der Waals surface area contributed by atoms with Crippen molar-refractivity contribution in [3.8, 4) is 11.3 Å². The third-order valence-electron chi connectivity index (χ3n) is 5.18. The molecule has 0 saturated carbocycles. The Morgan fingerprint density at radius 2 is 1.90 bits per heavy atom. The molecule has 2 aromatic heterocycles. The highest BCUT2D eigenvalue weighted by atomic mass is 19.1. The lowest BCUT2D eigenvalue weighted by atomic mass is 10.0. The molecule has 1 saturated heterocycles. The lowest BCUT2D eigenvalue weighted by Crippen LogP contribution is -2.32. The zero-order valence-corrected chi connectivity index (χ0v) is 16.4. The fraction of sp³-hybridized carbons (Fsp3) is 0.333. The summed E-state index contributed by atoms with van der Waals surface area (Å²) in [6, 6.07) is 4.83. The maximum absolute atomic E-state index is 14.2. The topological polar surface area (TPSA) is 72.1 Å². The molecule has 4 rings (SSSR count). The van der Waals surface area contributed by atoms with Gasteiger partial charge in [-0.05, 0) is 51.8 Å². The molecule has 0 aliphatic carbocycles. The van der Waals surface area contributed by atoms with Gasteiger partial charge < -0.3 is 9.42 Å². The van der Waals surface area contributed by atoms with Crippen molar-refractivity contribution in [2.24, 2.45) is 0 Å². The van der Waals surface area contributed by atoms with E-state index in [2.05, 4.69) is 15.1 Å². The maximum atomic E-state index is 14.2. The SMILES string of the molecule is Cc1nc(-c2c(C)noc2C)cc([C@@H]2CCCN2C(=O)c2c(F)cccc2F)n1. The Bertz CT molecular complexity index is 1060. The zero-order valence-electron chi connectivity index (χ0n) is 16.4. The van der Waals surface area contributed by atoms with E-state index < -0.39 is 23.1 Å². The van der Waals surface area contributed by atoms with Gasteiger partial charge in [0.1, 0.15) is 28.8 Å². The van der Waals surface area contributed by atoms with Gasteiger partial charge in [0.15, 0.2) is 0 Å². The molecule has 0 unspecified atom stereocenters. The van der Waals surface area contributed by atoms with Gasteiger partial charge in [-0.1, -0.05) is 11.2 Å². The predicted octanol–water partition coefficient (Wildman–Crippen LogP) is 4.31. The number of amides is 1. The van der Waals surface area contributed by atoms with Gasteiger partial charge in [0.25, 0.3) is 5.91 Å². The van der Waals surface area contributed by atoms with E-state index in [-0.39, 0.29) is 6.04 Å². The number of aryl methyl sites for hydroxylation is 3. The standard InChI is InChI=1S/C21H20F2N4O2/c1-11-19(12(2)29-26-11)17-10-16(24-13(3)25-17)18-8-5-9-27(18)21(28)20-14(22)6-4-7-15(20)23/h4,6-7,10,18H,5,8-9H2,1-3H3/t18-/m0/s1. The summed E-state index contributed by atoms with van der Waals surface area (Å²) in [5, 5.41) is 3.97. The van der Waals surface area contributed by atoms with Gasteiger partial charge in [0, 0.05) is 6.54 Å². The molecule has 0 bridgehead atoms. The van der Waals surface area contributed by atoms with E-state index in [1.807, 2.05) is 6.92 Å². The molecule has 29 heavy (non-hydrogen) atoms. The van der Waals surface area contributed by atoms with Gasteiger partial charge in [-0.2, -0.15) is 0 Å². The van der Waals surface area contributed by atoms with Crippen molar-refractivity contribution in [3.05, 3.63) is 64.4 Å². The van der Waals surface area contributed by atoms with E-state index in [0.717, 1.165) is 24.1 Å². The normalized spacial score (nSPS) is 16.4. The quantitative estimate of drug-likeness (QED) is 0.657. The first-order chi connectivity index (χ1) is 13.9. The van der Waals surface area contributed by atoms with Crippen molar-refractivity contribution in [3.63, 3.8) is 0 Å². The Balaban J connectivity index is 1.74. The van der Waals surface area contributed by atoms with Gasteiger partial charge in [-0.25, -0.2) is 18.7 Å². The number of benzene rings is 1. The summed E-state index contributed by atoms with van der Waals surface area (Å²) in [4.78, 5) is 23.4. The molecule has 1 amide bonds. The zero-order chi connectivity index (χ0) is 20.7. The van der Waals surface area contributed by atoms with Crippen LogP contribution in [0.1, 0.15) is 52.2 Å². The molecule has 8 heteroatoms. The molecule has 150 valence electrons. The number of rotatable bonds is 3. The van der Waals surface area contributed by atoms with E-state index in [0.29, 0.717) is 41.6 Å². The number of carbonyl (C=O) groups excluding carboxylic acids is 1. The first-order valence-electron chi connectivity index (χ1n) is 9.40. The highest BCUT2D eigenvalue weighted by Crippen LogP contribution is 2.35. The molecule has 0 spiro atoms. The van der Waals surface area contributed by atoms with Crippen molar-refractivity contribution in [1.82, 2.24) is 20.0 Å². The summed E-state index contributed by atoms with van der Waals surface area (Å²) >= 11 is 0. The summed E-state index contributed by atoms with van der Waals surface area (Å²) in [6.45, 7) is 5.80. The molecule has 1 atom stereocenters. The first-order valence-corrected chi connectivity index (χ1v) is 9.40. The Labute approximate surface area is 166 Å². The van der Waals surface area contributed by atoms with Gasteiger partial charge in [-0.3, -0.25) is 4.79 Å². The van der Waals surface area contributed by atoms with Gasteiger partial charge in [-0.15, -0.1) is 0 Å². The summed E-state index contributed by atoms with van der Waals surface area (Å²) in [7, 11) is 0. The maximum Gasteiger partial charge on any atom is 0.260 e. The summed E-state index contributed by atoms with van der Waals surface area (Å²) in [5.41, 5.74) is 2.25. The Kier molecular flexibility index (Phi) is 4.86. The smallest absolute Gasteiger partial charge is 0.260 e. The largest absolute Gasteiger partial charge is 0.361 e. The van der Waals surface area contributed by atoms with E-state index in [1.165, 1.54) is 11.0 Å². The van der Waals surface area contributed by atoms with Gasteiger partial charge in [0.05, 0.1) is 28.7 Å². The third kappa shape index (κ3) is 3.39.